The van der Waals surface area contributed by atoms with Crippen molar-refractivity contribution in [3.8, 4) is 11.4 Å². The second-order valence-electron chi connectivity index (χ2n) is 8.73. The highest BCUT2D eigenvalue weighted by atomic mass is 127. The highest BCUT2D eigenvalue weighted by Crippen LogP contribution is 2.31. The Morgan fingerprint density at radius 2 is 1.87 bits per heavy atom. The van der Waals surface area contributed by atoms with E-state index < -0.39 is 0 Å². The van der Waals surface area contributed by atoms with Crippen LogP contribution in [0.1, 0.15) is 12.8 Å². The minimum absolute atomic E-state index is 0. The molecule has 3 aliphatic rings. The van der Waals surface area contributed by atoms with Gasteiger partial charge in [-0.25, -0.2) is 4.98 Å². The SMILES string of the molecule is Cn1c(-c2cccc(Cl)c2)nc2ccc(N3CC[N+]4(C)CCC3CC4)cc2c1=O.[I-]. The minimum Gasteiger partial charge on any atom is -1.00 e. The molecule has 3 fully saturated rings. The fourth-order valence-corrected chi connectivity index (χ4v) is 5.10. The molecule has 2 aromatic carbocycles. The lowest BCUT2D eigenvalue weighted by Gasteiger charge is -2.37. The number of quaternary nitrogens is 1. The van der Waals surface area contributed by atoms with E-state index >= 15 is 0 Å². The summed E-state index contributed by atoms with van der Waals surface area (Å²) in [7, 11) is 4.15. The van der Waals surface area contributed by atoms with Crippen LogP contribution in [-0.4, -0.2) is 53.3 Å². The lowest BCUT2D eigenvalue weighted by molar-refractivity contribution is -0.910. The van der Waals surface area contributed by atoms with Gasteiger partial charge in [-0.15, -0.1) is 0 Å². The zero-order valence-electron chi connectivity index (χ0n) is 17.3. The Hall–Kier alpha value is -1.64. The Morgan fingerprint density at radius 1 is 1.10 bits per heavy atom. The molecule has 0 spiro atoms. The lowest BCUT2D eigenvalue weighted by Crippen LogP contribution is -3.00. The van der Waals surface area contributed by atoms with Gasteiger partial charge in [0.05, 0.1) is 44.1 Å². The van der Waals surface area contributed by atoms with E-state index in [9.17, 15) is 4.79 Å². The van der Waals surface area contributed by atoms with Gasteiger partial charge in [-0.1, -0.05) is 23.7 Å². The number of nitrogens with zero attached hydrogens (tertiary/aromatic N) is 4. The van der Waals surface area contributed by atoms with Crippen LogP contribution in [0.2, 0.25) is 5.02 Å². The molecular weight excluding hydrogens is 511 g/mol. The molecule has 5 nitrogen and oxygen atoms in total. The summed E-state index contributed by atoms with van der Waals surface area (Å²) in [6, 6.07) is 14.2. The fourth-order valence-electron chi connectivity index (χ4n) is 4.91. The van der Waals surface area contributed by atoms with Crippen molar-refractivity contribution in [2.45, 2.75) is 18.9 Å². The largest absolute Gasteiger partial charge is 1.00 e. The molecule has 3 aromatic rings. The summed E-state index contributed by atoms with van der Waals surface area (Å²) in [5, 5.41) is 1.31. The molecule has 3 saturated heterocycles. The maximum atomic E-state index is 13.2. The van der Waals surface area contributed by atoms with Crippen molar-refractivity contribution in [2.24, 2.45) is 7.05 Å². The number of rotatable bonds is 2. The molecule has 0 aliphatic carbocycles. The summed E-state index contributed by atoms with van der Waals surface area (Å²) in [6.07, 6.45) is 2.44. The Labute approximate surface area is 198 Å². The highest BCUT2D eigenvalue weighted by Gasteiger charge is 2.37. The second-order valence-corrected chi connectivity index (χ2v) is 9.16. The molecule has 0 radical (unpaired) electrons. The van der Waals surface area contributed by atoms with Gasteiger partial charge in [0.1, 0.15) is 5.82 Å². The van der Waals surface area contributed by atoms with Crippen LogP contribution in [-0.2, 0) is 7.05 Å². The van der Waals surface area contributed by atoms with Gasteiger partial charge in [0, 0.05) is 42.2 Å². The number of anilines is 1. The Bertz CT molecular complexity index is 1150. The first-order valence-electron chi connectivity index (χ1n) is 10.3. The summed E-state index contributed by atoms with van der Waals surface area (Å²) >= 11 is 6.14. The van der Waals surface area contributed by atoms with E-state index in [1.54, 1.807) is 11.6 Å². The molecule has 0 atom stereocenters. The number of halogens is 2. The standard InChI is InChI=1S/C23H26ClN4O.HI/c1-26-22(16-4-3-5-17(24)14-16)25-21-7-6-19(15-20(21)23(26)29)27-10-13-28(2)11-8-18(27)9-12-28;/h3-7,14-15,18H,8-13H2,1-2H3;1H/q+1;/p-1. The van der Waals surface area contributed by atoms with Crippen LogP contribution in [0, 0.1) is 0 Å². The van der Waals surface area contributed by atoms with Crippen LogP contribution in [0.15, 0.2) is 47.3 Å². The number of aromatic nitrogens is 2. The number of hydrogen-bond donors (Lipinski definition) is 0. The van der Waals surface area contributed by atoms with Gasteiger partial charge >= 0.3 is 0 Å². The van der Waals surface area contributed by atoms with Crippen molar-refractivity contribution in [2.75, 3.05) is 38.1 Å². The van der Waals surface area contributed by atoms with Gasteiger partial charge < -0.3 is 33.4 Å². The molecule has 0 unspecified atom stereocenters. The maximum Gasteiger partial charge on any atom is 0.261 e. The molecule has 30 heavy (non-hydrogen) atoms. The maximum absolute atomic E-state index is 13.2. The van der Waals surface area contributed by atoms with Gasteiger partial charge in [0.25, 0.3) is 5.56 Å². The topological polar surface area (TPSA) is 38.1 Å². The number of fused-ring (bicyclic) bond motifs is 5. The number of piperidine rings is 1. The summed E-state index contributed by atoms with van der Waals surface area (Å²) in [6.45, 7) is 4.71. The molecule has 0 amide bonds. The van der Waals surface area contributed by atoms with Crippen molar-refractivity contribution >= 4 is 28.2 Å². The van der Waals surface area contributed by atoms with Crippen molar-refractivity contribution in [3.63, 3.8) is 0 Å². The summed E-state index contributed by atoms with van der Waals surface area (Å²) in [4.78, 5) is 20.5. The van der Waals surface area contributed by atoms with E-state index in [1.165, 1.54) is 37.0 Å². The first-order chi connectivity index (χ1) is 13.9. The third kappa shape index (κ3) is 3.74. The smallest absolute Gasteiger partial charge is 0.261 e. The summed E-state index contributed by atoms with van der Waals surface area (Å²) in [5.74, 6) is 0.636. The highest BCUT2D eigenvalue weighted by molar-refractivity contribution is 6.30. The van der Waals surface area contributed by atoms with E-state index in [-0.39, 0.29) is 29.5 Å². The second kappa shape index (κ2) is 8.13. The van der Waals surface area contributed by atoms with E-state index in [0.717, 1.165) is 23.3 Å². The lowest BCUT2D eigenvalue weighted by atomic mass is 10.0. The molecule has 7 heteroatoms. The van der Waals surface area contributed by atoms with Crippen LogP contribution in [0.4, 0.5) is 5.69 Å². The average Bonchev–Trinajstić information content (AvgIpc) is 2.99. The summed E-state index contributed by atoms with van der Waals surface area (Å²) in [5.41, 5.74) is 2.70. The van der Waals surface area contributed by atoms with E-state index in [1.807, 2.05) is 36.4 Å². The third-order valence-electron chi connectivity index (χ3n) is 6.80. The summed E-state index contributed by atoms with van der Waals surface area (Å²) < 4.78 is 2.80. The Balaban J connectivity index is 0.00000218. The van der Waals surface area contributed by atoms with Crippen LogP contribution < -0.4 is 34.4 Å². The molecule has 3 aliphatic heterocycles. The number of benzene rings is 2. The molecule has 0 N–H and O–H groups in total. The van der Waals surface area contributed by atoms with Crippen molar-refractivity contribution in [1.29, 1.82) is 0 Å². The quantitative estimate of drug-likeness (QED) is 0.357. The van der Waals surface area contributed by atoms with E-state index in [2.05, 4.69) is 18.0 Å². The molecule has 4 heterocycles. The Morgan fingerprint density at radius 3 is 2.60 bits per heavy atom. The normalized spacial score (nSPS) is 23.3. The molecule has 0 saturated carbocycles. The third-order valence-corrected chi connectivity index (χ3v) is 7.03. The zero-order chi connectivity index (χ0) is 20.2. The van der Waals surface area contributed by atoms with Gasteiger partial charge in [0.2, 0.25) is 0 Å². The Kier molecular flexibility index (Phi) is 5.85. The molecular formula is C23H26ClIN4O. The van der Waals surface area contributed by atoms with Crippen LogP contribution in [0.5, 0.6) is 0 Å². The van der Waals surface area contributed by atoms with E-state index in [0.29, 0.717) is 22.3 Å². The number of hydrogen-bond acceptors (Lipinski definition) is 3. The predicted octanol–water partition coefficient (Wildman–Crippen LogP) is 0.687. The van der Waals surface area contributed by atoms with Gasteiger partial charge in [-0.2, -0.15) is 0 Å². The molecule has 2 bridgehead atoms. The minimum atomic E-state index is -0.0197. The van der Waals surface area contributed by atoms with Gasteiger partial charge in [-0.3, -0.25) is 9.36 Å². The molecule has 158 valence electrons. The molecule has 6 rings (SSSR count). The predicted molar refractivity (Wildman–Crippen MR) is 119 cm³/mol. The first-order valence-corrected chi connectivity index (χ1v) is 10.7. The van der Waals surface area contributed by atoms with Gasteiger partial charge in [0.15, 0.2) is 0 Å². The van der Waals surface area contributed by atoms with Crippen LogP contribution in [0.25, 0.3) is 22.3 Å². The van der Waals surface area contributed by atoms with Gasteiger partial charge in [-0.05, 0) is 30.3 Å². The zero-order valence-corrected chi connectivity index (χ0v) is 20.2. The van der Waals surface area contributed by atoms with E-state index in [4.69, 9.17) is 16.6 Å². The van der Waals surface area contributed by atoms with Crippen molar-refractivity contribution in [1.82, 2.24) is 9.55 Å². The van der Waals surface area contributed by atoms with Crippen LogP contribution >= 0.6 is 11.6 Å². The monoisotopic (exact) mass is 536 g/mol. The van der Waals surface area contributed by atoms with Crippen LogP contribution in [0.3, 0.4) is 0 Å². The van der Waals surface area contributed by atoms with Crippen molar-refractivity contribution in [3.05, 3.63) is 57.8 Å². The fraction of sp³-hybridized carbons (Fsp3) is 0.391. The van der Waals surface area contributed by atoms with Crippen molar-refractivity contribution < 1.29 is 28.5 Å². The number of likely N-dealkylation sites (N-methyl/N-ethyl adjacent to an activating group) is 1. The average molecular weight is 537 g/mol. The molecule has 1 aromatic heterocycles. The first kappa shape index (κ1) is 21.6.